The number of hydrogen-bond acceptors (Lipinski definition) is 5. The summed E-state index contributed by atoms with van der Waals surface area (Å²) in [4.78, 5) is 26.3. The molecular weight excluding hydrogens is 368 g/mol. The van der Waals surface area contributed by atoms with E-state index in [1.807, 2.05) is 20.8 Å². The largest absolute Gasteiger partial charge is 0.481 e. The lowest BCUT2D eigenvalue weighted by Crippen LogP contribution is -2.38. The number of aromatic amines is 1. The fourth-order valence-electron chi connectivity index (χ4n) is 2.87. The molecule has 7 nitrogen and oxygen atoms in total. The molecule has 3 rings (SSSR count). The molecule has 0 aliphatic rings. The van der Waals surface area contributed by atoms with E-state index < -0.39 is 29.1 Å². The van der Waals surface area contributed by atoms with Gasteiger partial charge < -0.3 is 15.4 Å². The average Bonchev–Trinajstić information content (AvgIpc) is 3.05. The Morgan fingerprint density at radius 2 is 2.07 bits per heavy atom. The summed E-state index contributed by atoms with van der Waals surface area (Å²) in [6, 6.07) is 0.746. The van der Waals surface area contributed by atoms with Crippen LogP contribution in [0, 0.1) is 17.0 Å². The van der Waals surface area contributed by atoms with Gasteiger partial charge in [0.2, 0.25) is 0 Å². The van der Waals surface area contributed by atoms with Crippen LogP contribution in [0.4, 0.5) is 14.6 Å². The normalized spacial score (nSPS) is 12.9. The van der Waals surface area contributed by atoms with Crippen molar-refractivity contribution in [3.8, 4) is 11.4 Å². The first-order chi connectivity index (χ1) is 13.2. The van der Waals surface area contributed by atoms with Crippen LogP contribution in [0.2, 0.25) is 0 Å². The number of carbonyl (C=O) groups is 1. The first-order valence-electron chi connectivity index (χ1n) is 8.85. The Bertz CT molecular complexity index is 1020. The van der Waals surface area contributed by atoms with Gasteiger partial charge in [-0.1, -0.05) is 20.8 Å². The molecule has 0 unspecified atom stereocenters. The minimum Gasteiger partial charge on any atom is -0.481 e. The molecule has 0 saturated carbocycles. The third kappa shape index (κ3) is 3.92. The second kappa shape index (κ2) is 7.49. The Balaban J connectivity index is 2.01. The molecular formula is C19H21F2N5O2. The molecule has 0 aliphatic heterocycles. The number of aliphatic carboxylic acids is 1. The van der Waals surface area contributed by atoms with Crippen molar-refractivity contribution >= 4 is 22.8 Å². The second-order valence-electron chi connectivity index (χ2n) is 7.28. The number of fused-ring (bicyclic) bond motifs is 1. The second-order valence-corrected chi connectivity index (χ2v) is 7.28. The lowest BCUT2D eigenvalue weighted by molar-refractivity contribution is -0.137. The number of anilines is 1. The third-order valence-corrected chi connectivity index (χ3v) is 5.03. The Kier molecular flexibility index (Phi) is 5.26. The van der Waals surface area contributed by atoms with E-state index in [0.717, 1.165) is 12.4 Å². The Hall–Kier alpha value is -3.10. The summed E-state index contributed by atoms with van der Waals surface area (Å²) in [5.41, 5.74) is 0.508. The summed E-state index contributed by atoms with van der Waals surface area (Å²) >= 11 is 0. The van der Waals surface area contributed by atoms with Gasteiger partial charge in [0, 0.05) is 23.2 Å². The number of halogens is 2. The van der Waals surface area contributed by atoms with Crippen LogP contribution in [0.1, 0.15) is 33.6 Å². The van der Waals surface area contributed by atoms with Gasteiger partial charge in [-0.05, 0) is 17.9 Å². The number of carboxylic acids is 1. The van der Waals surface area contributed by atoms with E-state index in [0.29, 0.717) is 23.0 Å². The van der Waals surface area contributed by atoms with Gasteiger partial charge in [0.05, 0.1) is 18.8 Å². The van der Waals surface area contributed by atoms with Crippen LogP contribution < -0.4 is 5.32 Å². The fourth-order valence-corrected chi connectivity index (χ4v) is 2.87. The molecule has 0 saturated heterocycles. The molecule has 0 amide bonds. The number of H-pyrrole nitrogens is 1. The van der Waals surface area contributed by atoms with Crippen LogP contribution in [0.25, 0.3) is 22.4 Å². The molecule has 3 N–H and O–H groups in total. The van der Waals surface area contributed by atoms with E-state index in [9.17, 15) is 18.7 Å². The van der Waals surface area contributed by atoms with Gasteiger partial charge in [0.15, 0.2) is 17.5 Å². The molecule has 0 bridgehead atoms. The topological polar surface area (TPSA) is 104 Å². The van der Waals surface area contributed by atoms with Crippen molar-refractivity contribution in [3.63, 3.8) is 0 Å². The number of nitrogens with one attached hydrogen (secondary N) is 2. The van der Waals surface area contributed by atoms with E-state index >= 15 is 0 Å². The first kappa shape index (κ1) is 19.7. The quantitative estimate of drug-likeness (QED) is 0.564. The average molecular weight is 389 g/mol. The predicted octanol–water partition coefficient (Wildman–Crippen LogP) is 3.99. The molecule has 0 aromatic carbocycles. The van der Waals surface area contributed by atoms with Gasteiger partial charge in [-0.25, -0.2) is 23.7 Å². The molecule has 28 heavy (non-hydrogen) atoms. The van der Waals surface area contributed by atoms with Crippen LogP contribution in [0.3, 0.4) is 0 Å². The minimum absolute atomic E-state index is 0.100. The summed E-state index contributed by atoms with van der Waals surface area (Å²) in [7, 11) is 0. The van der Waals surface area contributed by atoms with Crippen molar-refractivity contribution in [1.29, 1.82) is 0 Å². The molecule has 0 aliphatic carbocycles. The van der Waals surface area contributed by atoms with Gasteiger partial charge in [0.1, 0.15) is 11.5 Å². The van der Waals surface area contributed by atoms with Crippen molar-refractivity contribution in [2.75, 3.05) is 5.32 Å². The van der Waals surface area contributed by atoms with E-state index in [1.165, 1.54) is 6.07 Å². The zero-order valence-electron chi connectivity index (χ0n) is 15.8. The molecule has 148 valence electrons. The number of nitrogens with zero attached hydrogens (tertiary/aromatic N) is 3. The monoisotopic (exact) mass is 389 g/mol. The van der Waals surface area contributed by atoms with Gasteiger partial charge in [-0.15, -0.1) is 0 Å². The SMILES string of the molecule is CCC(C)(C)[C@H](CC(=O)O)Nc1nc(-c2c[nH]c3ncc(F)cc23)ncc1F. The molecule has 0 fully saturated rings. The summed E-state index contributed by atoms with van der Waals surface area (Å²) < 4.78 is 27.9. The molecule has 3 aromatic rings. The Morgan fingerprint density at radius 3 is 2.75 bits per heavy atom. The number of pyridine rings is 1. The van der Waals surface area contributed by atoms with E-state index in [-0.39, 0.29) is 18.1 Å². The summed E-state index contributed by atoms with van der Waals surface area (Å²) in [6.45, 7) is 5.75. The molecule has 3 aromatic heterocycles. The summed E-state index contributed by atoms with van der Waals surface area (Å²) in [5.74, 6) is -2.13. The van der Waals surface area contributed by atoms with Crippen molar-refractivity contribution in [1.82, 2.24) is 19.9 Å². The van der Waals surface area contributed by atoms with Crippen LogP contribution >= 0.6 is 0 Å². The van der Waals surface area contributed by atoms with Crippen molar-refractivity contribution in [2.45, 2.75) is 39.7 Å². The van der Waals surface area contributed by atoms with Gasteiger partial charge in [-0.3, -0.25) is 4.79 Å². The highest BCUT2D eigenvalue weighted by atomic mass is 19.1. The van der Waals surface area contributed by atoms with E-state index in [2.05, 4.69) is 25.3 Å². The predicted molar refractivity (Wildman–Crippen MR) is 101 cm³/mol. The lowest BCUT2D eigenvalue weighted by atomic mass is 9.80. The first-order valence-corrected chi connectivity index (χ1v) is 8.85. The Labute approximate surface area is 160 Å². The maximum absolute atomic E-state index is 14.4. The smallest absolute Gasteiger partial charge is 0.305 e. The summed E-state index contributed by atoms with van der Waals surface area (Å²) in [5, 5.41) is 12.6. The fraction of sp³-hybridized carbons (Fsp3) is 0.368. The molecule has 0 spiro atoms. The van der Waals surface area contributed by atoms with Crippen LogP contribution in [-0.2, 0) is 4.79 Å². The van der Waals surface area contributed by atoms with Gasteiger partial charge in [0.25, 0.3) is 0 Å². The van der Waals surface area contributed by atoms with E-state index in [1.54, 1.807) is 6.20 Å². The third-order valence-electron chi connectivity index (χ3n) is 5.03. The van der Waals surface area contributed by atoms with E-state index in [4.69, 9.17) is 0 Å². The number of carboxylic acid groups (broad SMARTS) is 1. The zero-order valence-corrected chi connectivity index (χ0v) is 15.8. The van der Waals surface area contributed by atoms with Gasteiger partial charge >= 0.3 is 5.97 Å². The Morgan fingerprint density at radius 1 is 1.32 bits per heavy atom. The molecule has 3 heterocycles. The summed E-state index contributed by atoms with van der Waals surface area (Å²) in [6.07, 6.45) is 4.16. The zero-order chi connectivity index (χ0) is 20.5. The highest BCUT2D eigenvalue weighted by Gasteiger charge is 2.31. The molecule has 1 atom stereocenters. The van der Waals surface area contributed by atoms with Crippen LogP contribution in [0.5, 0.6) is 0 Å². The maximum atomic E-state index is 14.4. The van der Waals surface area contributed by atoms with Crippen LogP contribution in [0.15, 0.2) is 24.7 Å². The van der Waals surface area contributed by atoms with Crippen molar-refractivity contribution in [2.24, 2.45) is 5.41 Å². The van der Waals surface area contributed by atoms with Gasteiger partial charge in [-0.2, -0.15) is 0 Å². The van der Waals surface area contributed by atoms with Crippen molar-refractivity contribution in [3.05, 3.63) is 36.3 Å². The number of hydrogen-bond donors (Lipinski definition) is 3. The molecule has 0 radical (unpaired) electrons. The highest BCUT2D eigenvalue weighted by Crippen LogP contribution is 2.31. The molecule has 9 heteroatoms. The minimum atomic E-state index is -0.994. The van der Waals surface area contributed by atoms with Crippen LogP contribution in [-0.4, -0.2) is 37.1 Å². The number of rotatable bonds is 7. The maximum Gasteiger partial charge on any atom is 0.305 e. The highest BCUT2D eigenvalue weighted by molar-refractivity contribution is 5.91. The lowest BCUT2D eigenvalue weighted by Gasteiger charge is -2.33. The number of aromatic nitrogens is 4. The van der Waals surface area contributed by atoms with Crippen molar-refractivity contribution < 1.29 is 18.7 Å². The standard InChI is InChI=1S/C19H21F2N5O2/c1-4-19(2,3)14(6-15(27)28)25-18-13(21)9-24-17(26-18)12-8-23-16-11(12)5-10(20)7-22-16/h5,7-9,14H,4,6H2,1-3H3,(H,22,23)(H,27,28)(H,24,25,26)/t14-/m0/s1.